The van der Waals surface area contributed by atoms with Crippen LogP contribution in [0, 0.1) is 20.8 Å². The number of rotatable bonds is 5. The number of carbonyl (C=O) groups excluding carboxylic acids is 1. The monoisotopic (exact) mass is 462 g/mol. The van der Waals surface area contributed by atoms with E-state index in [-0.39, 0.29) is 17.9 Å². The third-order valence-electron chi connectivity index (χ3n) is 6.30. The zero-order valence-electron chi connectivity index (χ0n) is 19.9. The number of nitrogens with zero attached hydrogens (tertiary/aromatic N) is 3. The summed E-state index contributed by atoms with van der Waals surface area (Å²) >= 11 is 0. The van der Waals surface area contributed by atoms with Gasteiger partial charge >= 0.3 is 0 Å². The Bertz CT molecular complexity index is 1610. The lowest BCUT2D eigenvalue weighted by Gasteiger charge is -2.14. The molecule has 0 bridgehead atoms. The molecular formula is C29H26N4O2. The van der Waals surface area contributed by atoms with Gasteiger partial charge in [-0.1, -0.05) is 36.4 Å². The average molecular weight is 463 g/mol. The Morgan fingerprint density at radius 3 is 2.20 bits per heavy atom. The van der Waals surface area contributed by atoms with Crippen LogP contribution in [0.5, 0.6) is 0 Å². The van der Waals surface area contributed by atoms with Gasteiger partial charge in [0.25, 0.3) is 5.91 Å². The molecule has 0 fully saturated rings. The van der Waals surface area contributed by atoms with Gasteiger partial charge in [-0.05, 0) is 68.8 Å². The average Bonchev–Trinajstić information content (AvgIpc) is 3.14. The standard InChI is InChI=1S/C29H26N4O2/c1-19-9-8-10-23(15-19)33-20(2)16-22(21(33)3)17-30-31-28(34)18-32-26-13-6-4-11-24(26)29(35)25-12-5-7-14-27(25)32/h4-17H,18H2,1-3H3,(H,31,34)/b30-17-. The lowest BCUT2D eigenvalue weighted by Crippen LogP contribution is -2.25. The number of pyridine rings is 1. The van der Waals surface area contributed by atoms with Crippen LogP contribution in [0.1, 0.15) is 22.5 Å². The number of benzene rings is 3. The molecule has 174 valence electrons. The topological polar surface area (TPSA) is 68.4 Å². The quantitative estimate of drug-likeness (QED) is 0.226. The zero-order valence-corrected chi connectivity index (χ0v) is 19.9. The number of carbonyl (C=O) groups is 1. The van der Waals surface area contributed by atoms with Crippen molar-refractivity contribution in [3.63, 3.8) is 0 Å². The van der Waals surface area contributed by atoms with Crippen LogP contribution in [0.2, 0.25) is 0 Å². The van der Waals surface area contributed by atoms with E-state index in [0.717, 1.165) is 33.7 Å². The van der Waals surface area contributed by atoms with E-state index in [4.69, 9.17) is 0 Å². The lowest BCUT2D eigenvalue weighted by atomic mass is 10.1. The third-order valence-corrected chi connectivity index (χ3v) is 6.30. The van der Waals surface area contributed by atoms with Gasteiger partial charge in [0.1, 0.15) is 6.54 Å². The summed E-state index contributed by atoms with van der Waals surface area (Å²) in [7, 11) is 0. The Morgan fingerprint density at radius 1 is 0.886 bits per heavy atom. The van der Waals surface area contributed by atoms with E-state index < -0.39 is 0 Å². The van der Waals surface area contributed by atoms with Crippen LogP contribution in [-0.2, 0) is 11.3 Å². The molecule has 0 aliphatic carbocycles. The molecule has 0 atom stereocenters. The first kappa shape index (κ1) is 22.3. The Balaban J connectivity index is 1.41. The minimum Gasteiger partial charge on any atom is -0.331 e. The van der Waals surface area contributed by atoms with Crippen LogP contribution >= 0.6 is 0 Å². The highest BCUT2D eigenvalue weighted by Gasteiger charge is 2.13. The molecule has 6 heteroatoms. The molecule has 0 aliphatic heterocycles. The van der Waals surface area contributed by atoms with E-state index in [1.807, 2.05) is 54.0 Å². The van der Waals surface area contributed by atoms with Crippen molar-refractivity contribution in [3.05, 3.63) is 112 Å². The number of fused-ring (bicyclic) bond motifs is 2. The van der Waals surface area contributed by atoms with Crippen LogP contribution in [0.4, 0.5) is 0 Å². The molecule has 0 spiro atoms. The zero-order chi connectivity index (χ0) is 24.5. The van der Waals surface area contributed by atoms with E-state index in [9.17, 15) is 9.59 Å². The molecule has 5 aromatic rings. The number of hydrogen-bond donors (Lipinski definition) is 1. The summed E-state index contributed by atoms with van der Waals surface area (Å²) < 4.78 is 4.04. The van der Waals surface area contributed by atoms with Gasteiger partial charge in [-0.15, -0.1) is 0 Å². The number of para-hydroxylation sites is 2. The maximum absolute atomic E-state index is 12.9. The minimum atomic E-state index is -0.271. The van der Waals surface area contributed by atoms with Gasteiger partial charge in [-0.25, -0.2) is 5.43 Å². The number of nitrogens with one attached hydrogen (secondary N) is 1. The highest BCUT2D eigenvalue weighted by atomic mass is 16.2. The maximum Gasteiger partial charge on any atom is 0.260 e. The number of amides is 1. The minimum absolute atomic E-state index is 0.0326. The summed E-state index contributed by atoms with van der Waals surface area (Å²) in [6.07, 6.45) is 1.67. The van der Waals surface area contributed by atoms with Crippen LogP contribution in [0.25, 0.3) is 27.5 Å². The molecule has 0 unspecified atom stereocenters. The molecule has 2 aromatic heterocycles. The van der Waals surface area contributed by atoms with E-state index in [1.54, 1.807) is 18.3 Å². The molecule has 0 saturated heterocycles. The first-order valence-electron chi connectivity index (χ1n) is 11.5. The molecule has 0 aliphatic rings. The first-order chi connectivity index (χ1) is 16.9. The number of aryl methyl sites for hydroxylation is 2. The normalized spacial score (nSPS) is 11.5. The number of hydrogen-bond acceptors (Lipinski definition) is 3. The van der Waals surface area contributed by atoms with Gasteiger partial charge in [-0.2, -0.15) is 5.10 Å². The SMILES string of the molecule is Cc1cccc(-n2c(C)cc(/C=N\NC(=O)Cn3c4ccccc4c(=O)c4ccccc43)c2C)c1. The van der Waals surface area contributed by atoms with Crippen molar-refractivity contribution < 1.29 is 4.79 Å². The fourth-order valence-corrected chi connectivity index (χ4v) is 4.68. The molecule has 1 amide bonds. The predicted octanol–water partition coefficient (Wildman–Crippen LogP) is 5.02. The van der Waals surface area contributed by atoms with Crippen molar-refractivity contribution in [3.8, 4) is 5.69 Å². The van der Waals surface area contributed by atoms with Gasteiger partial charge in [0, 0.05) is 33.4 Å². The highest BCUT2D eigenvalue weighted by Crippen LogP contribution is 2.21. The van der Waals surface area contributed by atoms with E-state index in [1.165, 1.54) is 5.56 Å². The van der Waals surface area contributed by atoms with Gasteiger partial charge < -0.3 is 9.13 Å². The van der Waals surface area contributed by atoms with Gasteiger partial charge in [0.05, 0.1) is 17.2 Å². The van der Waals surface area contributed by atoms with Gasteiger partial charge in [-0.3, -0.25) is 9.59 Å². The number of hydrazone groups is 1. The van der Waals surface area contributed by atoms with Gasteiger partial charge in [0.2, 0.25) is 0 Å². The number of aromatic nitrogens is 2. The molecular weight excluding hydrogens is 436 g/mol. The summed E-state index contributed by atoms with van der Waals surface area (Å²) in [5, 5.41) is 5.41. The van der Waals surface area contributed by atoms with Crippen molar-refractivity contribution in [1.29, 1.82) is 0 Å². The van der Waals surface area contributed by atoms with Crippen molar-refractivity contribution in [2.24, 2.45) is 5.10 Å². The maximum atomic E-state index is 12.9. The Morgan fingerprint density at radius 2 is 1.54 bits per heavy atom. The first-order valence-corrected chi connectivity index (χ1v) is 11.5. The summed E-state index contributed by atoms with van der Waals surface area (Å²) in [5.41, 5.74) is 9.42. The molecule has 6 nitrogen and oxygen atoms in total. The highest BCUT2D eigenvalue weighted by molar-refractivity contribution is 5.95. The molecule has 2 heterocycles. The van der Waals surface area contributed by atoms with Crippen molar-refractivity contribution in [2.45, 2.75) is 27.3 Å². The second kappa shape index (κ2) is 9.06. The fraction of sp³-hybridized carbons (Fsp3) is 0.138. The summed E-state index contributed by atoms with van der Waals surface area (Å²) in [6, 6.07) is 25.1. The summed E-state index contributed by atoms with van der Waals surface area (Å²) in [5.74, 6) is -0.271. The fourth-order valence-electron chi connectivity index (χ4n) is 4.68. The molecule has 3 aromatic carbocycles. The molecule has 35 heavy (non-hydrogen) atoms. The van der Waals surface area contributed by atoms with Crippen LogP contribution < -0.4 is 10.9 Å². The van der Waals surface area contributed by atoms with E-state index in [0.29, 0.717) is 10.8 Å². The second-order valence-corrected chi connectivity index (χ2v) is 8.74. The van der Waals surface area contributed by atoms with E-state index in [2.05, 4.69) is 53.2 Å². The molecule has 1 N–H and O–H groups in total. The smallest absolute Gasteiger partial charge is 0.260 e. The third kappa shape index (κ3) is 4.15. The molecule has 0 radical (unpaired) electrons. The molecule has 5 rings (SSSR count). The van der Waals surface area contributed by atoms with Crippen molar-refractivity contribution in [2.75, 3.05) is 0 Å². The second-order valence-electron chi connectivity index (χ2n) is 8.74. The van der Waals surface area contributed by atoms with Crippen molar-refractivity contribution in [1.82, 2.24) is 14.6 Å². The lowest BCUT2D eigenvalue weighted by molar-refractivity contribution is -0.121. The largest absolute Gasteiger partial charge is 0.331 e. The molecule has 0 saturated carbocycles. The van der Waals surface area contributed by atoms with Crippen LogP contribution in [-0.4, -0.2) is 21.3 Å². The predicted molar refractivity (Wildman–Crippen MR) is 141 cm³/mol. The van der Waals surface area contributed by atoms with Gasteiger partial charge in [0.15, 0.2) is 5.43 Å². The Labute approximate surface area is 203 Å². The Hall–Kier alpha value is -4.45. The Kier molecular flexibility index (Phi) is 5.79. The summed E-state index contributed by atoms with van der Waals surface area (Å²) in [6.45, 7) is 6.21. The van der Waals surface area contributed by atoms with Crippen LogP contribution in [0.15, 0.2) is 88.8 Å². The van der Waals surface area contributed by atoms with E-state index >= 15 is 0 Å². The van der Waals surface area contributed by atoms with Crippen molar-refractivity contribution >= 4 is 33.9 Å². The van der Waals surface area contributed by atoms with Crippen LogP contribution in [0.3, 0.4) is 0 Å². The summed E-state index contributed by atoms with van der Waals surface area (Å²) in [4.78, 5) is 25.8.